The summed E-state index contributed by atoms with van der Waals surface area (Å²) in [4.78, 5) is 12.0. The van der Waals surface area contributed by atoms with E-state index in [0.29, 0.717) is 43.1 Å². The van der Waals surface area contributed by atoms with E-state index in [1.165, 1.54) is 19.1 Å². The molecule has 1 fully saturated rings. The maximum absolute atomic E-state index is 14.1. The van der Waals surface area contributed by atoms with Crippen LogP contribution in [0.15, 0.2) is 48.5 Å². The SMILES string of the molecule is CCOC(=O)CS(=O)(=O)N(C/C=C/c1cccc(C(=N)N)c1)c1ccc(OC2CCNCC2)c(C(F)(F)F)c1. The number of anilines is 1. The van der Waals surface area contributed by atoms with Crippen LogP contribution in [-0.2, 0) is 25.7 Å². The summed E-state index contributed by atoms with van der Waals surface area (Å²) in [5, 5.41) is 10.7. The Morgan fingerprint density at radius 1 is 1.21 bits per heavy atom. The second-order valence-electron chi connectivity index (χ2n) is 8.78. The number of nitrogens with one attached hydrogen (secondary N) is 2. The molecule has 0 bridgehead atoms. The normalized spacial score (nSPS) is 14.8. The lowest BCUT2D eigenvalue weighted by molar-refractivity contribution is -0.140. The summed E-state index contributed by atoms with van der Waals surface area (Å²) in [6.07, 6.45) is -1.19. The number of nitrogen functional groups attached to an aromatic ring is 1. The fourth-order valence-electron chi connectivity index (χ4n) is 3.99. The van der Waals surface area contributed by atoms with E-state index in [1.807, 2.05) is 0 Å². The molecule has 9 nitrogen and oxygen atoms in total. The van der Waals surface area contributed by atoms with Crippen molar-refractivity contribution in [3.05, 3.63) is 65.2 Å². The van der Waals surface area contributed by atoms with E-state index in [-0.39, 0.29) is 24.7 Å². The highest BCUT2D eigenvalue weighted by Crippen LogP contribution is 2.40. The molecule has 0 aliphatic carbocycles. The predicted octanol–water partition coefficient (Wildman–Crippen LogP) is 3.53. The smallest absolute Gasteiger partial charge is 0.420 e. The van der Waals surface area contributed by atoms with E-state index in [1.54, 1.807) is 30.3 Å². The Kier molecular flexibility index (Phi) is 9.97. The molecule has 13 heteroatoms. The highest BCUT2D eigenvalue weighted by Gasteiger charge is 2.37. The molecule has 1 saturated heterocycles. The number of carbonyl (C=O) groups is 1. The van der Waals surface area contributed by atoms with Crippen LogP contribution in [0.4, 0.5) is 18.9 Å². The topological polar surface area (TPSA) is 135 Å². The number of alkyl halides is 3. The molecular formula is C26H31F3N4O5S. The van der Waals surface area contributed by atoms with Gasteiger partial charge in [-0.25, -0.2) is 8.42 Å². The van der Waals surface area contributed by atoms with Gasteiger partial charge in [-0.2, -0.15) is 13.2 Å². The van der Waals surface area contributed by atoms with Crippen molar-refractivity contribution in [2.24, 2.45) is 5.73 Å². The van der Waals surface area contributed by atoms with Crippen LogP contribution < -0.4 is 20.1 Å². The van der Waals surface area contributed by atoms with Gasteiger partial charge in [0.05, 0.1) is 24.4 Å². The first-order chi connectivity index (χ1) is 18.4. The van der Waals surface area contributed by atoms with Crippen LogP contribution in [0.5, 0.6) is 5.75 Å². The summed E-state index contributed by atoms with van der Waals surface area (Å²) in [7, 11) is -4.44. The molecule has 0 amide bonds. The lowest BCUT2D eigenvalue weighted by Crippen LogP contribution is -2.36. The molecule has 4 N–H and O–H groups in total. The van der Waals surface area contributed by atoms with Crippen LogP contribution in [-0.4, -0.2) is 58.3 Å². The van der Waals surface area contributed by atoms with Crippen molar-refractivity contribution in [1.82, 2.24) is 5.32 Å². The van der Waals surface area contributed by atoms with E-state index in [9.17, 15) is 26.4 Å². The number of rotatable bonds is 11. The molecule has 3 rings (SSSR count). The molecule has 2 aromatic carbocycles. The number of sulfonamides is 1. The molecule has 1 heterocycles. The number of amidine groups is 1. The standard InChI is InChI=1S/C26H31F3N4O5S/c1-2-37-24(34)17-39(35,36)33(14-4-6-18-5-3-7-19(15-18)25(30)31)20-8-9-23(22(16-20)26(27,28)29)38-21-10-12-32-13-11-21/h3-9,15-16,21,32H,2,10-14,17H2,1H3,(H3,30,31)/b6-4+. The molecular weight excluding hydrogens is 537 g/mol. The first kappa shape index (κ1) is 30.0. The van der Waals surface area contributed by atoms with Gasteiger partial charge in [-0.05, 0) is 62.7 Å². The third kappa shape index (κ3) is 8.45. The van der Waals surface area contributed by atoms with Gasteiger partial charge in [0.25, 0.3) is 0 Å². The van der Waals surface area contributed by atoms with Crippen LogP contribution in [0.25, 0.3) is 6.08 Å². The summed E-state index contributed by atoms with van der Waals surface area (Å²) in [6.45, 7) is 2.31. The van der Waals surface area contributed by atoms with E-state index < -0.39 is 45.3 Å². The number of hydrogen-bond donors (Lipinski definition) is 3. The molecule has 0 saturated carbocycles. The highest BCUT2D eigenvalue weighted by atomic mass is 32.2. The fourth-order valence-corrected chi connectivity index (χ4v) is 5.28. The predicted molar refractivity (Wildman–Crippen MR) is 142 cm³/mol. The lowest BCUT2D eigenvalue weighted by Gasteiger charge is -2.27. The maximum Gasteiger partial charge on any atom is 0.420 e. The number of piperidine rings is 1. The van der Waals surface area contributed by atoms with Gasteiger partial charge in [0.1, 0.15) is 17.7 Å². The Bertz CT molecular complexity index is 1310. The van der Waals surface area contributed by atoms with Crippen LogP contribution in [0.1, 0.15) is 36.5 Å². The van der Waals surface area contributed by atoms with Gasteiger partial charge in [-0.1, -0.05) is 30.4 Å². The van der Waals surface area contributed by atoms with Crippen molar-refractivity contribution in [3.8, 4) is 5.75 Å². The van der Waals surface area contributed by atoms with Gasteiger partial charge in [-0.3, -0.25) is 14.5 Å². The zero-order chi connectivity index (χ0) is 28.6. The average Bonchev–Trinajstić information content (AvgIpc) is 2.87. The molecule has 39 heavy (non-hydrogen) atoms. The third-order valence-electron chi connectivity index (χ3n) is 5.86. The van der Waals surface area contributed by atoms with Gasteiger partial charge >= 0.3 is 12.1 Å². The average molecular weight is 569 g/mol. The monoisotopic (exact) mass is 568 g/mol. The first-order valence-corrected chi connectivity index (χ1v) is 13.9. The van der Waals surface area contributed by atoms with Crippen molar-refractivity contribution >= 4 is 33.6 Å². The number of halogens is 3. The van der Waals surface area contributed by atoms with Gasteiger partial charge in [0, 0.05) is 5.56 Å². The molecule has 1 aliphatic heterocycles. The highest BCUT2D eigenvalue weighted by molar-refractivity contribution is 7.93. The summed E-state index contributed by atoms with van der Waals surface area (Å²) in [6, 6.07) is 9.61. The minimum atomic E-state index is -4.82. The van der Waals surface area contributed by atoms with E-state index in [4.69, 9.17) is 20.6 Å². The van der Waals surface area contributed by atoms with Crippen molar-refractivity contribution in [3.63, 3.8) is 0 Å². The Labute approximate surface area is 225 Å². The van der Waals surface area contributed by atoms with Crippen molar-refractivity contribution in [2.45, 2.75) is 32.0 Å². The fraction of sp³-hybridized carbons (Fsp3) is 0.385. The number of esters is 1. The van der Waals surface area contributed by atoms with E-state index in [2.05, 4.69) is 5.32 Å². The Hall–Kier alpha value is -3.58. The number of nitrogens with zero attached hydrogens (tertiary/aromatic N) is 1. The lowest BCUT2D eigenvalue weighted by atomic mass is 10.1. The molecule has 0 radical (unpaired) electrons. The Morgan fingerprint density at radius 2 is 1.92 bits per heavy atom. The summed E-state index contributed by atoms with van der Waals surface area (Å²) < 4.78 is 79.7. The first-order valence-electron chi connectivity index (χ1n) is 12.3. The van der Waals surface area contributed by atoms with Crippen LogP contribution in [0.2, 0.25) is 0 Å². The van der Waals surface area contributed by atoms with E-state index in [0.717, 1.165) is 10.4 Å². The van der Waals surface area contributed by atoms with Gasteiger partial charge < -0.3 is 20.5 Å². The van der Waals surface area contributed by atoms with Crippen LogP contribution in [0.3, 0.4) is 0 Å². The quantitative estimate of drug-likeness (QED) is 0.214. The Morgan fingerprint density at radius 3 is 2.56 bits per heavy atom. The molecule has 0 unspecified atom stereocenters. The minimum absolute atomic E-state index is 0.0539. The van der Waals surface area contributed by atoms with Crippen LogP contribution in [0, 0.1) is 5.41 Å². The van der Waals surface area contributed by atoms with Crippen molar-refractivity contribution < 1.29 is 35.9 Å². The van der Waals surface area contributed by atoms with Crippen molar-refractivity contribution in [1.29, 1.82) is 5.41 Å². The number of hydrogen-bond acceptors (Lipinski definition) is 7. The summed E-state index contributed by atoms with van der Waals surface area (Å²) >= 11 is 0. The van der Waals surface area contributed by atoms with Crippen LogP contribution >= 0.6 is 0 Å². The summed E-state index contributed by atoms with van der Waals surface area (Å²) in [5.74, 6) is -2.63. The molecule has 212 valence electrons. The number of benzene rings is 2. The number of carbonyl (C=O) groups excluding carboxylic acids is 1. The number of ether oxygens (including phenoxy) is 2. The van der Waals surface area contributed by atoms with Crippen molar-refractivity contribution in [2.75, 3.05) is 36.3 Å². The second-order valence-corrected chi connectivity index (χ2v) is 10.7. The zero-order valence-electron chi connectivity index (χ0n) is 21.3. The van der Waals surface area contributed by atoms with E-state index >= 15 is 0 Å². The maximum atomic E-state index is 14.1. The van der Waals surface area contributed by atoms with Gasteiger partial charge in [0.2, 0.25) is 10.0 Å². The molecule has 1 aliphatic rings. The molecule has 2 aromatic rings. The second kappa shape index (κ2) is 13.0. The zero-order valence-corrected chi connectivity index (χ0v) is 22.1. The third-order valence-corrected chi connectivity index (χ3v) is 7.49. The molecule has 0 atom stereocenters. The molecule has 0 aromatic heterocycles. The van der Waals surface area contributed by atoms with Gasteiger partial charge in [0.15, 0.2) is 5.75 Å². The molecule has 0 spiro atoms. The largest absolute Gasteiger partial charge is 0.490 e. The van der Waals surface area contributed by atoms with Gasteiger partial charge in [-0.15, -0.1) is 0 Å². The number of nitrogens with two attached hydrogens (primary N) is 1. The Balaban J connectivity index is 1.98. The summed E-state index contributed by atoms with van der Waals surface area (Å²) in [5.41, 5.74) is 5.14. The minimum Gasteiger partial charge on any atom is -0.490 e.